The summed E-state index contributed by atoms with van der Waals surface area (Å²) < 4.78 is 10.4. The van der Waals surface area contributed by atoms with Crippen LogP contribution in [0.2, 0.25) is 10.0 Å². The second-order valence-electron chi connectivity index (χ2n) is 5.23. The van der Waals surface area contributed by atoms with E-state index in [-0.39, 0.29) is 25.5 Å². The predicted octanol–water partition coefficient (Wildman–Crippen LogP) is 2.74. The number of thiophene rings is 1. The third-order valence-corrected chi connectivity index (χ3v) is 5.15. The molecule has 1 N–H and O–H groups in total. The second-order valence-corrected chi connectivity index (χ2v) is 7.10. The highest BCUT2D eigenvalue weighted by Crippen LogP contribution is 2.34. The molecular weight excluding hydrogens is 419 g/mol. The summed E-state index contributed by atoms with van der Waals surface area (Å²) >= 11 is 12.5. The Labute approximate surface area is 167 Å². The Morgan fingerprint density at radius 3 is 2.41 bits per heavy atom. The van der Waals surface area contributed by atoms with Crippen molar-refractivity contribution < 1.29 is 23.9 Å². The molecule has 0 unspecified atom stereocenters. The fourth-order valence-electron chi connectivity index (χ4n) is 2.24. The Bertz CT molecular complexity index is 982. The summed E-state index contributed by atoms with van der Waals surface area (Å²) in [6.07, 6.45) is 1.26. The van der Waals surface area contributed by atoms with E-state index in [1.54, 1.807) is 0 Å². The van der Waals surface area contributed by atoms with Crippen molar-refractivity contribution in [1.82, 2.24) is 4.57 Å². The van der Waals surface area contributed by atoms with Crippen LogP contribution in [0.1, 0.15) is 25.6 Å². The highest BCUT2D eigenvalue weighted by atomic mass is 35.5. The molecule has 0 fully saturated rings. The minimum absolute atomic E-state index is 0.0349. The maximum Gasteiger partial charge on any atom is 0.348 e. The summed E-state index contributed by atoms with van der Waals surface area (Å²) in [6.45, 7) is 1.14. The zero-order chi connectivity index (χ0) is 20.3. The van der Waals surface area contributed by atoms with E-state index in [2.05, 4.69) is 10.1 Å². The number of anilines is 1. The van der Waals surface area contributed by atoms with Crippen LogP contribution in [-0.4, -0.2) is 36.6 Å². The molecule has 0 radical (unpaired) electrons. The van der Waals surface area contributed by atoms with Crippen molar-refractivity contribution in [1.29, 1.82) is 0 Å². The van der Waals surface area contributed by atoms with Gasteiger partial charge in [-0.25, -0.2) is 9.59 Å². The number of esters is 2. The fourth-order valence-corrected chi connectivity index (χ4v) is 3.88. The van der Waals surface area contributed by atoms with Crippen LogP contribution in [0.3, 0.4) is 0 Å². The Hall–Kier alpha value is -2.36. The molecule has 27 heavy (non-hydrogen) atoms. The molecule has 0 saturated carbocycles. The van der Waals surface area contributed by atoms with Gasteiger partial charge in [-0.15, -0.1) is 11.3 Å². The number of nitrogens with zero attached hydrogens (tertiary/aromatic N) is 1. The maximum atomic E-state index is 12.4. The number of hydrogen-bond donors (Lipinski definition) is 1. The van der Waals surface area contributed by atoms with Crippen LogP contribution in [0, 0.1) is 6.92 Å². The molecule has 144 valence electrons. The zero-order valence-corrected chi connectivity index (χ0v) is 16.8. The normalized spacial score (nSPS) is 10.4. The Kier molecular flexibility index (Phi) is 6.63. The molecule has 1 amide bonds. The van der Waals surface area contributed by atoms with E-state index in [0.717, 1.165) is 15.9 Å². The third kappa shape index (κ3) is 4.49. The average Bonchev–Trinajstić information content (AvgIpc) is 2.93. The SMILES string of the molecule is COC(=O)c1sc(NC(=O)Cn2cc(Cl)cc(Cl)c2=O)c(C(=O)OC)c1C. The smallest absolute Gasteiger partial charge is 0.348 e. The molecule has 2 aromatic heterocycles. The van der Waals surface area contributed by atoms with Crippen molar-refractivity contribution in [2.24, 2.45) is 0 Å². The Balaban J connectivity index is 2.36. The molecule has 8 nitrogen and oxygen atoms in total. The fraction of sp³-hybridized carbons (Fsp3) is 0.250. The molecule has 11 heteroatoms. The summed E-state index contributed by atoms with van der Waals surface area (Å²) in [6, 6.07) is 1.26. The van der Waals surface area contributed by atoms with Crippen molar-refractivity contribution in [2.75, 3.05) is 19.5 Å². The van der Waals surface area contributed by atoms with E-state index in [0.29, 0.717) is 5.56 Å². The van der Waals surface area contributed by atoms with Crippen LogP contribution in [0.4, 0.5) is 5.00 Å². The number of rotatable bonds is 5. The summed E-state index contributed by atoms with van der Waals surface area (Å²) in [5.41, 5.74) is -0.244. The minimum atomic E-state index is -0.725. The first kappa shape index (κ1) is 20.9. The summed E-state index contributed by atoms with van der Waals surface area (Å²) in [7, 11) is 2.38. The number of methoxy groups -OCH3 is 2. The van der Waals surface area contributed by atoms with Gasteiger partial charge in [0, 0.05) is 6.20 Å². The largest absolute Gasteiger partial charge is 0.465 e. The molecule has 0 aliphatic rings. The van der Waals surface area contributed by atoms with Crippen LogP contribution >= 0.6 is 34.5 Å². The van der Waals surface area contributed by atoms with Gasteiger partial charge in [0.05, 0.1) is 24.8 Å². The van der Waals surface area contributed by atoms with Crippen molar-refractivity contribution in [3.63, 3.8) is 0 Å². The number of hydrogen-bond acceptors (Lipinski definition) is 7. The van der Waals surface area contributed by atoms with Crippen molar-refractivity contribution in [3.05, 3.63) is 48.7 Å². The predicted molar refractivity (Wildman–Crippen MR) is 101 cm³/mol. The van der Waals surface area contributed by atoms with Gasteiger partial charge in [0.1, 0.15) is 21.4 Å². The molecule has 0 aromatic carbocycles. The standard InChI is InChI=1S/C16H14Cl2N2O6S/c1-7-11(15(23)25-2)13(27-12(7)16(24)26-3)19-10(21)6-20-5-8(17)4-9(18)14(20)22/h4-5H,6H2,1-3H3,(H,19,21). The lowest BCUT2D eigenvalue weighted by molar-refractivity contribution is -0.116. The van der Waals surface area contributed by atoms with Crippen LogP contribution in [0.15, 0.2) is 17.1 Å². The van der Waals surface area contributed by atoms with Crippen molar-refractivity contribution in [3.8, 4) is 0 Å². The van der Waals surface area contributed by atoms with Gasteiger partial charge < -0.3 is 19.4 Å². The highest BCUT2D eigenvalue weighted by molar-refractivity contribution is 7.18. The first-order valence-corrected chi connectivity index (χ1v) is 8.92. The number of amides is 1. The third-order valence-electron chi connectivity index (χ3n) is 3.48. The summed E-state index contributed by atoms with van der Waals surface area (Å²) in [5.74, 6) is -2.00. The topological polar surface area (TPSA) is 104 Å². The van der Waals surface area contributed by atoms with Gasteiger partial charge in [-0.2, -0.15) is 0 Å². The first-order valence-electron chi connectivity index (χ1n) is 7.35. The van der Waals surface area contributed by atoms with E-state index in [1.165, 1.54) is 33.4 Å². The molecule has 2 aromatic rings. The Morgan fingerprint density at radius 1 is 1.19 bits per heavy atom. The molecular formula is C16H14Cl2N2O6S. The zero-order valence-electron chi connectivity index (χ0n) is 14.4. The van der Waals surface area contributed by atoms with E-state index in [9.17, 15) is 19.2 Å². The van der Waals surface area contributed by atoms with Gasteiger partial charge in [0.15, 0.2) is 0 Å². The van der Waals surface area contributed by atoms with Gasteiger partial charge >= 0.3 is 11.9 Å². The number of ether oxygens (including phenoxy) is 2. The number of aromatic nitrogens is 1. The van der Waals surface area contributed by atoms with Gasteiger partial charge in [-0.05, 0) is 18.6 Å². The van der Waals surface area contributed by atoms with Gasteiger partial charge in [0.2, 0.25) is 5.91 Å². The number of pyridine rings is 1. The lowest BCUT2D eigenvalue weighted by atomic mass is 10.1. The molecule has 2 rings (SSSR count). The lowest BCUT2D eigenvalue weighted by Crippen LogP contribution is -2.27. The van der Waals surface area contributed by atoms with Gasteiger partial charge in [-0.3, -0.25) is 9.59 Å². The van der Waals surface area contributed by atoms with Crippen LogP contribution in [-0.2, 0) is 20.8 Å². The van der Waals surface area contributed by atoms with E-state index >= 15 is 0 Å². The quantitative estimate of drug-likeness (QED) is 0.728. The first-order chi connectivity index (χ1) is 12.7. The Morgan fingerprint density at radius 2 is 1.81 bits per heavy atom. The van der Waals surface area contributed by atoms with Crippen molar-refractivity contribution in [2.45, 2.75) is 13.5 Å². The van der Waals surface area contributed by atoms with E-state index < -0.39 is 29.9 Å². The molecule has 0 atom stereocenters. The monoisotopic (exact) mass is 432 g/mol. The average molecular weight is 433 g/mol. The van der Waals surface area contributed by atoms with E-state index in [4.69, 9.17) is 27.9 Å². The maximum absolute atomic E-state index is 12.4. The molecule has 0 aliphatic heterocycles. The lowest BCUT2D eigenvalue weighted by Gasteiger charge is -2.08. The molecule has 0 aliphatic carbocycles. The number of carbonyl (C=O) groups excluding carboxylic acids is 3. The van der Waals surface area contributed by atoms with Crippen LogP contribution < -0.4 is 10.9 Å². The van der Waals surface area contributed by atoms with Crippen molar-refractivity contribution >= 4 is 57.4 Å². The summed E-state index contributed by atoms with van der Waals surface area (Å²) in [4.78, 5) is 48.4. The molecule has 2 heterocycles. The molecule has 0 spiro atoms. The summed E-state index contributed by atoms with van der Waals surface area (Å²) in [5, 5.41) is 2.66. The molecule has 0 bridgehead atoms. The number of nitrogens with one attached hydrogen (secondary N) is 1. The van der Waals surface area contributed by atoms with Gasteiger partial charge in [0.25, 0.3) is 5.56 Å². The van der Waals surface area contributed by atoms with Crippen LogP contribution in [0.5, 0.6) is 0 Å². The second kappa shape index (κ2) is 8.55. The number of halogens is 2. The number of carbonyl (C=O) groups is 3. The minimum Gasteiger partial charge on any atom is -0.465 e. The molecule has 0 saturated heterocycles. The van der Waals surface area contributed by atoms with E-state index in [1.807, 2.05) is 0 Å². The van der Waals surface area contributed by atoms with Gasteiger partial charge in [-0.1, -0.05) is 23.2 Å². The highest BCUT2D eigenvalue weighted by Gasteiger charge is 2.26. The van der Waals surface area contributed by atoms with Crippen LogP contribution in [0.25, 0.3) is 0 Å².